The lowest BCUT2D eigenvalue weighted by Crippen LogP contribution is -2.41. The molecule has 3 heterocycles. The van der Waals surface area contributed by atoms with E-state index in [1.165, 1.54) is 12.8 Å². The molecule has 0 spiro atoms. The number of unbranched alkanes of at least 4 members (excludes halogenated alkanes) is 5. The number of aromatic amines is 1. The van der Waals surface area contributed by atoms with Gasteiger partial charge in [-0.3, -0.25) is 14.9 Å². The van der Waals surface area contributed by atoms with Crippen molar-refractivity contribution in [2.75, 3.05) is 19.8 Å². The SMILES string of the molecule is CC(C)(C)OC(=O)C1(CCCCCCCCOc2ccc(-c3ccn[nH]3)nc2)CCOCC1. The molecule has 7 heteroatoms. The second kappa shape index (κ2) is 12.2. The summed E-state index contributed by atoms with van der Waals surface area (Å²) in [7, 11) is 0. The average molecular weight is 458 g/mol. The normalized spacial score (nSPS) is 15.8. The minimum atomic E-state index is -0.442. The fourth-order valence-corrected chi connectivity index (χ4v) is 4.19. The Kier molecular flexibility index (Phi) is 9.30. The zero-order chi connectivity index (χ0) is 23.6. The van der Waals surface area contributed by atoms with Crippen molar-refractivity contribution in [3.63, 3.8) is 0 Å². The maximum absolute atomic E-state index is 12.9. The molecule has 0 radical (unpaired) electrons. The number of nitrogens with zero attached hydrogens (tertiary/aromatic N) is 2. The van der Waals surface area contributed by atoms with Crippen molar-refractivity contribution in [2.24, 2.45) is 5.41 Å². The van der Waals surface area contributed by atoms with E-state index in [9.17, 15) is 4.79 Å². The smallest absolute Gasteiger partial charge is 0.312 e. The van der Waals surface area contributed by atoms with Crippen molar-refractivity contribution in [1.82, 2.24) is 15.2 Å². The van der Waals surface area contributed by atoms with Gasteiger partial charge in [0.15, 0.2) is 0 Å². The summed E-state index contributed by atoms with van der Waals surface area (Å²) < 4.78 is 17.1. The van der Waals surface area contributed by atoms with Gasteiger partial charge in [-0.1, -0.05) is 32.1 Å². The molecular weight excluding hydrogens is 418 g/mol. The van der Waals surface area contributed by atoms with Gasteiger partial charge in [-0.25, -0.2) is 0 Å². The summed E-state index contributed by atoms with van der Waals surface area (Å²) in [5.74, 6) is 0.754. The van der Waals surface area contributed by atoms with Gasteiger partial charge in [-0.05, 0) is 64.7 Å². The van der Waals surface area contributed by atoms with Crippen molar-refractivity contribution in [2.45, 2.75) is 84.2 Å². The molecule has 1 aliphatic heterocycles. The number of esters is 1. The van der Waals surface area contributed by atoms with E-state index in [2.05, 4.69) is 15.2 Å². The highest BCUT2D eigenvalue weighted by atomic mass is 16.6. The molecule has 1 aliphatic rings. The van der Waals surface area contributed by atoms with Crippen LogP contribution in [-0.2, 0) is 14.3 Å². The number of aromatic nitrogens is 3. The topological polar surface area (TPSA) is 86.3 Å². The summed E-state index contributed by atoms with van der Waals surface area (Å²) in [4.78, 5) is 17.3. The van der Waals surface area contributed by atoms with Crippen molar-refractivity contribution >= 4 is 5.97 Å². The summed E-state index contributed by atoms with van der Waals surface area (Å²) >= 11 is 0. The van der Waals surface area contributed by atoms with E-state index in [0.29, 0.717) is 19.8 Å². The van der Waals surface area contributed by atoms with Crippen molar-refractivity contribution in [3.8, 4) is 17.1 Å². The van der Waals surface area contributed by atoms with Gasteiger partial charge in [-0.15, -0.1) is 0 Å². The molecule has 0 aromatic carbocycles. The van der Waals surface area contributed by atoms with Gasteiger partial charge in [0, 0.05) is 19.4 Å². The third kappa shape index (κ3) is 8.14. The number of ether oxygens (including phenoxy) is 3. The van der Waals surface area contributed by atoms with Crippen LogP contribution in [-0.4, -0.2) is 46.6 Å². The second-order valence-electron chi connectivity index (χ2n) is 9.96. The van der Waals surface area contributed by atoms with Crippen LogP contribution in [0.2, 0.25) is 0 Å². The van der Waals surface area contributed by atoms with Gasteiger partial charge in [-0.2, -0.15) is 5.10 Å². The van der Waals surface area contributed by atoms with Gasteiger partial charge in [0.2, 0.25) is 0 Å². The lowest BCUT2D eigenvalue weighted by atomic mass is 9.75. The highest BCUT2D eigenvalue weighted by molar-refractivity contribution is 5.77. The molecule has 0 unspecified atom stereocenters. The second-order valence-corrected chi connectivity index (χ2v) is 9.96. The number of carbonyl (C=O) groups is 1. The Bertz CT molecular complexity index is 822. The number of hydrogen-bond acceptors (Lipinski definition) is 6. The van der Waals surface area contributed by atoms with E-state index in [-0.39, 0.29) is 11.4 Å². The van der Waals surface area contributed by atoms with Gasteiger partial charge >= 0.3 is 5.97 Å². The lowest BCUT2D eigenvalue weighted by molar-refractivity contribution is -0.174. The molecule has 3 rings (SSSR count). The number of hydrogen-bond donors (Lipinski definition) is 1. The van der Waals surface area contributed by atoms with Crippen molar-refractivity contribution in [3.05, 3.63) is 30.6 Å². The Morgan fingerprint density at radius 3 is 2.42 bits per heavy atom. The lowest BCUT2D eigenvalue weighted by Gasteiger charge is -2.37. The van der Waals surface area contributed by atoms with Crippen LogP contribution in [0.25, 0.3) is 11.4 Å². The highest BCUT2D eigenvalue weighted by Crippen LogP contribution is 2.38. The molecule has 1 saturated heterocycles. The Labute approximate surface area is 197 Å². The van der Waals surface area contributed by atoms with E-state index in [1.54, 1.807) is 12.4 Å². The van der Waals surface area contributed by atoms with Gasteiger partial charge in [0.25, 0.3) is 0 Å². The number of pyridine rings is 1. The van der Waals surface area contributed by atoms with Crippen LogP contribution in [0.5, 0.6) is 5.75 Å². The Balaban J connectivity index is 1.27. The Morgan fingerprint density at radius 2 is 1.79 bits per heavy atom. The summed E-state index contributed by atoms with van der Waals surface area (Å²) in [6.07, 6.45) is 12.7. The predicted octanol–water partition coefficient (Wildman–Crippen LogP) is 5.72. The van der Waals surface area contributed by atoms with Crippen LogP contribution in [0.3, 0.4) is 0 Å². The molecule has 0 bridgehead atoms. The standard InChI is InChI=1S/C26H39N3O4/c1-25(2,3)33-24(30)26(14-18-31-19-15-26)13-8-6-4-5-7-9-17-32-21-10-11-22(27-20-21)23-12-16-28-29-23/h10-12,16,20H,4-9,13-15,17-19H2,1-3H3,(H,28,29). The Hall–Kier alpha value is -2.41. The summed E-state index contributed by atoms with van der Waals surface area (Å²) in [6, 6.07) is 5.77. The van der Waals surface area contributed by atoms with E-state index in [0.717, 1.165) is 62.1 Å². The molecular formula is C26H39N3O4. The number of carbonyl (C=O) groups excluding carboxylic acids is 1. The van der Waals surface area contributed by atoms with Crippen LogP contribution < -0.4 is 4.74 Å². The molecule has 2 aromatic heterocycles. The zero-order valence-corrected chi connectivity index (χ0v) is 20.4. The zero-order valence-electron chi connectivity index (χ0n) is 20.4. The molecule has 2 aromatic rings. The maximum Gasteiger partial charge on any atom is 0.312 e. The number of nitrogens with one attached hydrogen (secondary N) is 1. The van der Waals surface area contributed by atoms with E-state index in [1.807, 2.05) is 39.0 Å². The summed E-state index contributed by atoms with van der Waals surface area (Å²) in [6.45, 7) is 7.82. The average Bonchev–Trinajstić information content (AvgIpc) is 3.33. The minimum Gasteiger partial charge on any atom is -0.492 e. The quantitative estimate of drug-likeness (QED) is 0.324. The van der Waals surface area contributed by atoms with Crippen LogP contribution in [0.15, 0.2) is 30.6 Å². The molecule has 1 fully saturated rings. The molecule has 0 aliphatic carbocycles. The third-order valence-corrected chi connectivity index (χ3v) is 6.11. The first-order chi connectivity index (χ1) is 15.9. The van der Waals surface area contributed by atoms with Gasteiger partial charge < -0.3 is 14.2 Å². The monoisotopic (exact) mass is 457 g/mol. The summed E-state index contributed by atoms with van der Waals surface area (Å²) in [5.41, 5.74) is 0.951. The van der Waals surface area contributed by atoms with E-state index < -0.39 is 5.60 Å². The third-order valence-electron chi connectivity index (χ3n) is 6.11. The Morgan fingerprint density at radius 1 is 1.06 bits per heavy atom. The fourth-order valence-electron chi connectivity index (χ4n) is 4.19. The van der Waals surface area contributed by atoms with E-state index in [4.69, 9.17) is 14.2 Å². The van der Waals surface area contributed by atoms with Crippen LogP contribution in [0.1, 0.15) is 78.6 Å². The van der Waals surface area contributed by atoms with Crippen LogP contribution >= 0.6 is 0 Å². The summed E-state index contributed by atoms with van der Waals surface area (Å²) in [5, 5.41) is 6.85. The first kappa shape index (κ1) is 25.2. The minimum absolute atomic E-state index is 0.0393. The van der Waals surface area contributed by atoms with Gasteiger partial charge in [0.1, 0.15) is 11.4 Å². The predicted molar refractivity (Wildman–Crippen MR) is 128 cm³/mol. The highest BCUT2D eigenvalue weighted by Gasteiger charge is 2.42. The van der Waals surface area contributed by atoms with Crippen molar-refractivity contribution in [1.29, 1.82) is 0 Å². The van der Waals surface area contributed by atoms with Crippen LogP contribution in [0, 0.1) is 5.41 Å². The van der Waals surface area contributed by atoms with Gasteiger partial charge in [0.05, 0.1) is 29.6 Å². The molecule has 0 saturated carbocycles. The molecule has 1 N–H and O–H groups in total. The first-order valence-electron chi connectivity index (χ1n) is 12.3. The molecule has 7 nitrogen and oxygen atoms in total. The first-order valence-corrected chi connectivity index (χ1v) is 12.3. The van der Waals surface area contributed by atoms with E-state index >= 15 is 0 Å². The number of H-pyrrole nitrogens is 1. The molecule has 0 atom stereocenters. The number of rotatable bonds is 12. The van der Waals surface area contributed by atoms with Crippen LogP contribution in [0.4, 0.5) is 0 Å². The van der Waals surface area contributed by atoms with Crippen molar-refractivity contribution < 1.29 is 19.0 Å². The molecule has 182 valence electrons. The molecule has 0 amide bonds. The maximum atomic E-state index is 12.9. The molecule has 33 heavy (non-hydrogen) atoms. The largest absolute Gasteiger partial charge is 0.492 e. The fraction of sp³-hybridized carbons (Fsp3) is 0.654.